The van der Waals surface area contributed by atoms with Gasteiger partial charge in [-0.3, -0.25) is 4.79 Å². The minimum absolute atomic E-state index is 0.121. The lowest BCUT2D eigenvalue weighted by atomic mass is 10.1. The second-order valence-electron chi connectivity index (χ2n) is 5.52. The van der Waals surface area contributed by atoms with E-state index in [-0.39, 0.29) is 11.0 Å². The molecule has 0 radical (unpaired) electrons. The van der Waals surface area contributed by atoms with E-state index in [1.807, 2.05) is 19.9 Å². The van der Waals surface area contributed by atoms with Gasteiger partial charge in [-0.1, -0.05) is 6.07 Å². The second-order valence-corrected chi connectivity index (χ2v) is 6.95. The summed E-state index contributed by atoms with van der Waals surface area (Å²) in [5.74, 6) is -0.0721. The smallest absolute Gasteiger partial charge is 0.341 e. The van der Waals surface area contributed by atoms with Crippen molar-refractivity contribution in [2.75, 3.05) is 30.8 Å². The SMILES string of the molecule is CCN(CC)C(=O)c1sc(NC(=S)Nc2ccccn2)c(C(=O)OC)c1C. The molecule has 2 aromatic rings. The molecule has 0 saturated heterocycles. The highest BCUT2D eigenvalue weighted by molar-refractivity contribution is 7.80. The molecular formula is C18H22N4O3S2. The quantitative estimate of drug-likeness (QED) is 0.561. The maximum absolute atomic E-state index is 12.8. The number of nitrogens with zero attached hydrogens (tertiary/aromatic N) is 2. The van der Waals surface area contributed by atoms with Crippen molar-refractivity contribution < 1.29 is 14.3 Å². The Morgan fingerprint density at radius 3 is 2.52 bits per heavy atom. The molecule has 2 heterocycles. The predicted octanol–water partition coefficient (Wildman–Crippen LogP) is 3.53. The van der Waals surface area contributed by atoms with Crippen LogP contribution in [0.25, 0.3) is 0 Å². The summed E-state index contributed by atoms with van der Waals surface area (Å²) in [6.45, 7) is 6.73. The molecule has 1 amide bonds. The summed E-state index contributed by atoms with van der Waals surface area (Å²) in [6.07, 6.45) is 1.64. The average Bonchev–Trinajstić information content (AvgIpc) is 2.98. The van der Waals surface area contributed by atoms with Gasteiger partial charge in [0.2, 0.25) is 0 Å². The summed E-state index contributed by atoms with van der Waals surface area (Å²) in [6, 6.07) is 5.39. The average molecular weight is 407 g/mol. The molecule has 27 heavy (non-hydrogen) atoms. The number of pyridine rings is 1. The lowest BCUT2D eigenvalue weighted by Crippen LogP contribution is -2.30. The number of aromatic nitrogens is 1. The number of methoxy groups -OCH3 is 1. The van der Waals surface area contributed by atoms with Gasteiger partial charge in [-0.25, -0.2) is 9.78 Å². The number of thiocarbonyl (C=S) groups is 1. The molecule has 9 heteroatoms. The summed E-state index contributed by atoms with van der Waals surface area (Å²) in [7, 11) is 1.31. The van der Waals surface area contributed by atoms with Gasteiger partial charge < -0.3 is 20.3 Å². The molecule has 144 valence electrons. The van der Waals surface area contributed by atoms with Crippen molar-refractivity contribution in [1.82, 2.24) is 9.88 Å². The predicted molar refractivity (Wildman–Crippen MR) is 112 cm³/mol. The first-order valence-electron chi connectivity index (χ1n) is 8.42. The summed E-state index contributed by atoms with van der Waals surface area (Å²) < 4.78 is 4.89. The molecule has 2 aromatic heterocycles. The fourth-order valence-corrected chi connectivity index (χ4v) is 3.93. The maximum atomic E-state index is 12.8. The zero-order chi connectivity index (χ0) is 20.0. The molecule has 7 nitrogen and oxygen atoms in total. The van der Waals surface area contributed by atoms with Crippen LogP contribution in [-0.2, 0) is 4.74 Å². The van der Waals surface area contributed by atoms with Crippen molar-refractivity contribution in [3.63, 3.8) is 0 Å². The Kier molecular flexibility index (Phi) is 7.26. The van der Waals surface area contributed by atoms with Crippen LogP contribution in [0.1, 0.15) is 39.4 Å². The van der Waals surface area contributed by atoms with Crippen LogP contribution >= 0.6 is 23.6 Å². The Hall–Kier alpha value is -2.52. The standard InChI is InChI=1S/C18H22N4O3S2/c1-5-22(6-2)16(23)14-11(3)13(17(24)25-4)15(27-14)21-18(26)20-12-9-7-8-10-19-12/h7-10H,5-6H2,1-4H3,(H2,19,20,21,26). The molecule has 0 aliphatic rings. The molecule has 0 aliphatic carbocycles. The van der Waals surface area contributed by atoms with E-state index < -0.39 is 5.97 Å². The molecule has 0 fully saturated rings. The van der Waals surface area contributed by atoms with Crippen LogP contribution in [0.4, 0.5) is 10.8 Å². The number of ether oxygens (including phenoxy) is 1. The number of anilines is 2. The highest BCUT2D eigenvalue weighted by atomic mass is 32.1. The molecule has 0 bridgehead atoms. The van der Waals surface area contributed by atoms with Gasteiger partial charge in [0.1, 0.15) is 10.8 Å². The first kappa shape index (κ1) is 20.8. The zero-order valence-electron chi connectivity index (χ0n) is 15.7. The highest BCUT2D eigenvalue weighted by Crippen LogP contribution is 2.34. The van der Waals surface area contributed by atoms with Crippen molar-refractivity contribution in [1.29, 1.82) is 0 Å². The maximum Gasteiger partial charge on any atom is 0.341 e. The zero-order valence-corrected chi connectivity index (χ0v) is 17.3. The fraction of sp³-hybridized carbons (Fsp3) is 0.333. The third-order valence-corrected chi connectivity index (χ3v) is 5.31. The van der Waals surface area contributed by atoms with Gasteiger partial charge in [0, 0.05) is 19.3 Å². The molecule has 0 aliphatic heterocycles. The van der Waals surface area contributed by atoms with Crippen molar-refractivity contribution >= 4 is 51.4 Å². The van der Waals surface area contributed by atoms with Gasteiger partial charge in [0.05, 0.1) is 17.6 Å². The lowest BCUT2D eigenvalue weighted by Gasteiger charge is -2.17. The first-order valence-corrected chi connectivity index (χ1v) is 9.65. The highest BCUT2D eigenvalue weighted by Gasteiger charge is 2.27. The number of amides is 1. The number of hydrogen-bond acceptors (Lipinski definition) is 6. The molecule has 0 aromatic carbocycles. The van der Waals surface area contributed by atoms with E-state index >= 15 is 0 Å². The number of carbonyl (C=O) groups excluding carboxylic acids is 2. The van der Waals surface area contributed by atoms with E-state index in [1.165, 1.54) is 18.4 Å². The van der Waals surface area contributed by atoms with Gasteiger partial charge in [-0.2, -0.15) is 0 Å². The number of rotatable bonds is 6. The Morgan fingerprint density at radius 1 is 1.26 bits per heavy atom. The molecule has 0 spiro atoms. The van der Waals surface area contributed by atoms with E-state index in [0.717, 1.165) is 0 Å². The summed E-state index contributed by atoms with van der Waals surface area (Å²) >= 11 is 6.50. The monoisotopic (exact) mass is 406 g/mol. The molecule has 2 N–H and O–H groups in total. The fourth-order valence-electron chi connectivity index (χ4n) is 2.50. The molecule has 0 atom stereocenters. The molecule has 0 unspecified atom stereocenters. The minimum atomic E-state index is -0.523. The van der Waals surface area contributed by atoms with Gasteiger partial charge in [0.15, 0.2) is 5.11 Å². The topological polar surface area (TPSA) is 83.6 Å². The van der Waals surface area contributed by atoms with Crippen molar-refractivity contribution in [3.05, 3.63) is 40.4 Å². The van der Waals surface area contributed by atoms with E-state index in [2.05, 4.69) is 15.6 Å². The molecule has 2 rings (SSSR count). The third kappa shape index (κ3) is 4.81. The van der Waals surface area contributed by atoms with Crippen LogP contribution in [-0.4, -0.2) is 47.1 Å². The minimum Gasteiger partial charge on any atom is -0.465 e. The van der Waals surface area contributed by atoms with E-state index in [0.29, 0.717) is 39.9 Å². The number of hydrogen-bond donors (Lipinski definition) is 2. The normalized spacial score (nSPS) is 10.2. The van der Waals surface area contributed by atoms with Gasteiger partial charge in [-0.05, 0) is 50.7 Å². The lowest BCUT2D eigenvalue weighted by molar-refractivity contribution is 0.0601. The van der Waals surface area contributed by atoms with Crippen LogP contribution in [0, 0.1) is 6.92 Å². The van der Waals surface area contributed by atoms with Crippen LogP contribution in [0.2, 0.25) is 0 Å². The number of carbonyl (C=O) groups is 2. The Labute approximate surface area is 167 Å². The summed E-state index contributed by atoms with van der Waals surface area (Å²) in [4.78, 5) is 31.4. The summed E-state index contributed by atoms with van der Waals surface area (Å²) in [5, 5.41) is 6.67. The van der Waals surface area contributed by atoms with Crippen LogP contribution in [0.3, 0.4) is 0 Å². The van der Waals surface area contributed by atoms with Gasteiger partial charge in [0.25, 0.3) is 5.91 Å². The number of nitrogens with one attached hydrogen (secondary N) is 2. The van der Waals surface area contributed by atoms with Crippen LogP contribution < -0.4 is 10.6 Å². The Morgan fingerprint density at radius 2 is 1.96 bits per heavy atom. The van der Waals surface area contributed by atoms with Gasteiger partial charge >= 0.3 is 5.97 Å². The van der Waals surface area contributed by atoms with Crippen LogP contribution in [0.15, 0.2) is 24.4 Å². The van der Waals surface area contributed by atoms with Crippen molar-refractivity contribution in [3.8, 4) is 0 Å². The van der Waals surface area contributed by atoms with E-state index in [9.17, 15) is 9.59 Å². The summed E-state index contributed by atoms with van der Waals surface area (Å²) in [5.41, 5.74) is 0.884. The molecular weight excluding hydrogens is 384 g/mol. The number of thiophene rings is 1. The van der Waals surface area contributed by atoms with E-state index in [4.69, 9.17) is 17.0 Å². The first-order chi connectivity index (χ1) is 12.9. The third-order valence-electron chi connectivity index (χ3n) is 3.91. The second kappa shape index (κ2) is 9.43. The number of esters is 1. The Balaban J connectivity index is 2.34. The largest absolute Gasteiger partial charge is 0.465 e. The van der Waals surface area contributed by atoms with Crippen LogP contribution in [0.5, 0.6) is 0 Å². The van der Waals surface area contributed by atoms with Crippen molar-refractivity contribution in [2.24, 2.45) is 0 Å². The van der Waals surface area contributed by atoms with Crippen molar-refractivity contribution in [2.45, 2.75) is 20.8 Å². The van der Waals surface area contributed by atoms with E-state index in [1.54, 1.807) is 30.2 Å². The Bertz CT molecular complexity index is 833. The molecule has 0 saturated carbocycles. The van der Waals surface area contributed by atoms with Gasteiger partial charge in [-0.15, -0.1) is 11.3 Å².